The Balaban J connectivity index is 2.68. The predicted molar refractivity (Wildman–Crippen MR) is 78.9 cm³/mol. The summed E-state index contributed by atoms with van der Waals surface area (Å²) in [7, 11) is 0. The van der Waals surface area contributed by atoms with Gasteiger partial charge in [0.1, 0.15) is 5.82 Å². The molecular formula is C15H19ClFNO2. The van der Waals surface area contributed by atoms with Gasteiger partial charge >= 0.3 is 0 Å². The average molecular weight is 300 g/mol. The molecule has 1 aromatic rings. The number of aliphatic hydroxyl groups is 1. The second kappa shape index (κ2) is 8.02. The highest BCUT2D eigenvalue weighted by atomic mass is 35.5. The largest absolute Gasteiger partial charge is 0.394 e. The first-order valence-corrected chi connectivity index (χ1v) is 6.85. The van der Waals surface area contributed by atoms with E-state index in [1.807, 2.05) is 13.8 Å². The molecule has 0 spiro atoms. The summed E-state index contributed by atoms with van der Waals surface area (Å²) in [5.74, 6) is -0.510. The monoisotopic (exact) mass is 299 g/mol. The number of aliphatic hydroxyl groups excluding tert-OH is 1. The van der Waals surface area contributed by atoms with Gasteiger partial charge in [0.2, 0.25) is 5.91 Å². The van der Waals surface area contributed by atoms with Crippen LogP contribution in [-0.4, -0.2) is 23.7 Å². The maximum absolute atomic E-state index is 13.5. The van der Waals surface area contributed by atoms with Gasteiger partial charge in [-0.3, -0.25) is 4.79 Å². The molecule has 0 fully saturated rings. The smallest absolute Gasteiger partial charge is 0.244 e. The Labute approximate surface area is 123 Å². The van der Waals surface area contributed by atoms with E-state index < -0.39 is 5.82 Å². The van der Waals surface area contributed by atoms with Crippen molar-refractivity contribution < 1.29 is 14.3 Å². The van der Waals surface area contributed by atoms with E-state index in [0.717, 1.165) is 0 Å². The molecular weight excluding hydrogens is 281 g/mol. The maximum Gasteiger partial charge on any atom is 0.244 e. The Bertz CT molecular complexity index is 469. The summed E-state index contributed by atoms with van der Waals surface area (Å²) >= 11 is 5.85. The second-order valence-electron chi connectivity index (χ2n) is 4.99. The molecule has 1 amide bonds. The molecule has 5 heteroatoms. The summed E-state index contributed by atoms with van der Waals surface area (Å²) in [6, 6.07) is 4.03. The summed E-state index contributed by atoms with van der Waals surface area (Å²) < 4.78 is 13.5. The number of halogens is 2. The van der Waals surface area contributed by atoms with Crippen molar-refractivity contribution in [2.45, 2.75) is 26.3 Å². The number of benzene rings is 1. The van der Waals surface area contributed by atoms with E-state index in [0.29, 0.717) is 12.3 Å². The Morgan fingerprint density at radius 1 is 1.50 bits per heavy atom. The fraction of sp³-hybridized carbons (Fsp3) is 0.400. The Hall–Kier alpha value is -1.39. The molecule has 20 heavy (non-hydrogen) atoms. The maximum atomic E-state index is 13.5. The Morgan fingerprint density at radius 3 is 2.75 bits per heavy atom. The van der Waals surface area contributed by atoms with Crippen molar-refractivity contribution in [3.63, 3.8) is 0 Å². The zero-order chi connectivity index (χ0) is 15.1. The van der Waals surface area contributed by atoms with Gasteiger partial charge in [-0.1, -0.05) is 31.5 Å². The molecule has 0 aliphatic rings. The molecule has 1 aromatic carbocycles. The average Bonchev–Trinajstić information content (AvgIpc) is 2.36. The molecule has 0 saturated heterocycles. The molecule has 0 aromatic heterocycles. The highest BCUT2D eigenvalue weighted by Crippen LogP contribution is 2.20. The van der Waals surface area contributed by atoms with Gasteiger partial charge < -0.3 is 10.4 Å². The first kappa shape index (κ1) is 16.7. The van der Waals surface area contributed by atoms with Gasteiger partial charge in [0.15, 0.2) is 0 Å². The van der Waals surface area contributed by atoms with Crippen molar-refractivity contribution in [3.05, 3.63) is 40.7 Å². The van der Waals surface area contributed by atoms with Crippen LogP contribution in [-0.2, 0) is 4.79 Å². The van der Waals surface area contributed by atoms with E-state index in [-0.39, 0.29) is 29.1 Å². The first-order valence-electron chi connectivity index (χ1n) is 6.47. The number of hydrogen-bond acceptors (Lipinski definition) is 2. The molecule has 0 bridgehead atoms. The molecule has 2 N–H and O–H groups in total. The van der Waals surface area contributed by atoms with E-state index in [2.05, 4.69) is 5.32 Å². The fourth-order valence-electron chi connectivity index (χ4n) is 1.83. The molecule has 0 aliphatic carbocycles. The van der Waals surface area contributed by atoms with E-state index >= 15 is 0 Å². The zero-order valence-electron chi connectivity index (χ0n) is 11.6. The van der Waals surface area contributed by atoms with Crippen LogP contribution >= 0.6 is 11.6 Å². The lowest BCUT2D eigenvalue weighted by Gasteiger charge is -2.17. The zero-order valence-corrected chi connectivity index (χ0v) is 12.3. The van der Waals surface area contributed by atoms with Crippen molar-refractivity contribution in [2.75, 3.05) is 6.61 Å². The van der Waals surface area contributed by atoms with Gasteiger partial charge in [-0.2, -0.15) is 0 Å². The minimum Gasteiger partial charge on any atom is -0.394 e. The SMILES string of the molecule is CC(C)CC(CO)NC(=O)/C=C/c1c(F)cccc1Cl. The number of rotatable bonds is 6. The third kappa shape index (κ3) is 5.31. The van der Waals surface area contributed by atoms with Gasteiger partial charge in [0, 0.05) is 11.6 Å². The Kier molecular flexibility index (Phi) is 6.68. The highest BCUT2D eigenvalue weighted by Gasteiger charge is 2.11. The number of amides is 1. The van der Waals surface area contributed by atoms with Crippen LogP contribution in [0.4, 0.5) is 4.39 Å². The Morgan fingerprint density at radius 2 is 2.20 bits per heavy atom. The molecule has 1 unspecified atom stereocenters. The third-order valence-corrected chi connectivity index (χ3v) is 3.05. The molecule has 1 atom stereocenters. The van der Waals surface area contributed by atoms with Crippen molar-refractivity contribution >= 4 is 23.6 Å². The minimum atomic E-state index is -0.484. The number of carbonyl (C=O) groups is 1. The molecule has 0 saturated carbocycles. The lowest BCUT2D eigenvalue weighted by atomic mass is 10.0. The summed E-state index contributed by atoms with van der Waals surface area (Å²) in [4.78, 5) is 11.7. The lowest BCUT2D eigenvalue weighted by molar-refractivity contribution is -0.117. The standard InChI is InChI=1S/C15H19ClFNO2/c1-10(2)8-11(9-19)18-15(20)7-6-12-13(16)4-3-5-14(12)17/h3-7,10-11,19H,8-9H2,1-2H3,(H,18,20)/b7-6+. The first-order chi connectivity index (χ1) is 9.43. The van der Waals surface area contributed by atoms with E-state index in [9.17, 15) is 14.3 Å². The van der Waals surface area contributed by atoms with E-state index in [1.165, 1.54) is 24.3 Å². The van der Waals surface area contributed by atoms with Gasteiger partial charge in [-0.05, 0) is 30.5 Å². The van der Waals surface area contributed by atoms with Gasteiger partial charge in [-0.25, -0.2) is 4.39 Å². The third-order valence-electron chi connectivity index (χ3n) is 2.72. The van der Waals surface area contributed by atoms with Crippen LogP contribution in [0.15, 0.2) is 24.3 Å². The topological polar surface area (TPSA) is 49.3 Å². The summed E-state index contributed by atoms with van der Waals surface area (Å²) in [6.07, 6.45) is 3.22. The van der Waals surface area contributed by atoms with Crippen LogP contribution in [0.1, 0.15) is 25.8 Å². The predicted octanol–water partition coefficient (Wildman–Crippen LogP) is 3.02. The normalized spacial score (nSPS) is 12.9. The lowest BCUT2D eigenvalue weighted by Crippen LogP contribution is -2.37. The summed E-state index contributed by atoms with van der Waals surface area (Å²) in [5, 5.41) is 12.1. The summed E-state index contributed by atoms with van der Waals surface area (Å²) in [6.45, 7) is 3.88. The molecule has 110 valence electrons. The van der Waals surface area contributed by atoms with Crippen LogP contribution in [0.3, 0.4) is 0 Å². The minimum absolute atomic E-state index is 0.127. The van der Waals surface area contributed by atoms with Crippen LogP contribution in [0, 0.1) is 11.7 Å². The second-order valence-corrected chi connectivity index (χ2v) is 5.39. The van der Waals surface area contributed by atoms with Crippen molar-refractivity contribution in [2.24, 2.45) is 5.92 Å². The number of hydrogen-bond donors (Lipinski definition) is 2. The molecule has 0 aliphatic heterocycles. The van der Waals surface area contributed by atoms with Crippen LogP contribution in [0.25, 0.3) is 6.08 Å². The van der Waals surface area contributed by atoms with Gasteiger partial charge in [-0.15, -0.1) is 0 Å². The van der Waals surface area contributed by atoms with Crippen LogP contribution < -0.4 is 5.32 Å². The van der Waals surface area contributed by atoms with Crippen molar-refractivity contribution in [1.29, 1.82) is 0 Å². The number of nitrogens with one attached hydrogen (secondary N) is 1. The fourth-order valence-corrected chi connectivity index (χ4v) is 2.05. The van der Waals surface area contributed by atoms with Crippen LogP contribution in [0.2, 0.25) is 5.02 Å². The van der Waals surface area contributed by atoms with Crippen molar-refractivity contribution in [1.82, 2.24) is 5.32 Å². The van der Waals surface area contributed by atoms with Crippen molar-refractivity contribution in [3.8, 4) is 0 Å². The quantitative estimate of drug-likeness (QED) is 0.793. The molecule has 0 heterocycles. The molecule has 0 radical (unpaired) electrons. The van der Waals surface area contributed by atoms with Gasteiger partial charge in [0.05, 0.1) is 17.7 Å². The molecule has 1 rings (SSSR count). The number of carbonyl (C=O) groups excluding carboxylic acids is 1. The van der Waals surface area contributed by atoms with Crippen LogP contribution in [0.5, 0.6) is 0 Å². The van der Waals surface area contributed by atoms with E-state index in [1.54, 1.807) is 6.07 Å². The molecule has 3 nitrogen and oxygen atoms in total. The summed E-state index contributed by atoms with van der Waals surface area (Å²) in [5.41, 5.74) is 0.175. The van der Waals surface area contributed by atoms with Gasteiger partial charge in [0.25, 0.3) is 0 Å². The van der Waals surface area contributed by atoms with E-state index in [4.69, 9.17) is 11.6 Å². The highest BCUT2D eigenvalue weighted by molar-refractivity contribution is 6.32.